The van der Waals surface area contributed by atoms with Crippen LogP contribution in [0.1, 0.15) is 0 Å². The molecule has 7 aromatic carbocycles. The van der Waals surface area contributed by atoms with Gasteiger partial charge in [0, 0.05) is 48.5 Å². The van der Waals surface area contributed by atoms with Gasteiger partial charge in [0.25, 0.3) is 0 Å². The number of benzene rings is 7. The lowest BCUT2D eigenvalue weighted by atomic mass is 9.98. The summed E-state index contributed by atoms with van der Waals surface area (Å²) in [4.78, 5) is 14.6. The van der Waals surface area contributed by atoms with E-state index >= 15 is 0 Å². The standard InChI is InChI=1S/C45H27N3OS/c1-3-10-31(11-4-1)43-46-44(32-12-5-2-6-13-32)48-45(47-43)33-24-20-29(21-25-33)28-18-22-30(23-19-28)34-15-9-16-36-37-26-27-38-35-14-7-8-17-39(35)50-42(38)41(37)49-40(34)36/h1-27H. The maximum Gasteiger partial charge on any atom is 0.164 e. The van der Waals surface area contributed by atoms with Gasteiger partial charge in [-0.05, 0) is 28.8 Å². The minimum Gasteiger partial charge on any atom is -0.454 e. The third-order valence-electron chi connectivity index (χ3n) is 9.38. The van der Waals surface area contributed by atoms with E-state index in [1.807, 2.05) is 60.7 Å². The molecule has 3 aromatic heterocycles. The Kier molecular flexibility index (Phi) is 6.64. The lowest BCUT2D eigenvalue weighted by Gasteiger charge is -2.09. The first kappa shape index (κ1) is 28.6. The van der Waals surface area contributed by atoms with Crippen LogP contribution in [0.2, 0.25) is 0 Å². The van der Waals surface area contributed by atoms with Crippen molar-refractivity contribution in [1.29, 1.82) is 0 Å². The van der Waals surface area contributed by atoms with Crippen LogP contribution in [-0.2, 0) is 0 Å². The van der Waals surface area contributed by atoms with Gasteiger partial charge in [-0.1, -0.05) is 152 Å². The number of furan rings is 1. The highest BCUT2D eigenvalue weighted by Crippen LogP contribution is 2.43. The molecule has 0 aliphatic heterocycles. The van der Waals surface area contributed by atoms with Gasteiger partial charge in [0.1, 0.15) is 5.58 Å². The van der Waals surface area contributed by atoms with Crippen molar-refractivity contribution in [2.75, 3.05) is 0 Å². The second-order valence-corrected chi connectivity index (χ2v) is 13.4. The van der Waals surface area contributed by atoms with Crippen LogP contribution in [0.3, 0.4) is 0 Å². The second-order valence-electron chi connectivity index (χ2n) is 12.4. The van der Waals surface area contributed by atoms with Crippen molar-refractivity contribution in [3.63, 3.8) is 0 Å². The van der Waals surface area contributed by atoms with Crippen LogP contribution < -0.4 is 0 Å². The molecule has 0 amide bonds. The molecule has 5 heteroatoms. The molecule has 0 radical (unpaired) electrons. The molecule has 10 rings (SSSR count). The van der Waals surface area contributed by atoms with Gasteiger partial charge < -0.3 is 4.42 Å². The van der Waals surface area contributed by atoms with Gasteiger partial charge in [-0.15, -0.1) is 11.3 Å². The molecule has 0 spiro atoms. The third kappa shape index (κ3) is 4.79. The zero-order valence-electron chi connectivity index (χ0n) is 26.7. The highest BCUT2D eigenvalue weighted by Gasteiger charge is 2.17. The van der Waals surface area contributed by atoms with Crippen LogP contribution >= 0.6 is 11.3 Å². The zero-order chi connectivity index (χ0) is 33.0. The average molecular weight is 658 g/mol. The molecule has 0 saturated heterocycles. The summed E-state index contributed by atoms with van der Waals surface area (Å²) in [6.45, 7) is 0. The summed E-state index contributed by atoms with van der Waals surface area (Å²) in [6, 6.07) is 56.8. The first-order valence-corrected chi connectivity index (χ1v) is 17.4. The Bertz CT molecular complexity index is 2780. The van der Waals surface area contributed by atoms with E-state index in [9.17, 15) is 0 Å². The molecule has 0 aliphatic carbocycles. The van der Waals surface area contributed by atoms with E-state index in [1.54, 1.807) is 11.3 Å². The molecule has 3 heterocycles. The second kappa shape index (κ2) is 11.6. The monoisotopic (exact) mass is 657 g/mol. The van der Waals surface area contributed by atoms with Crippen LogP contribution in [-0.4, -0.2) is 15.0 Å². The summed E-state index contributed by atoms with van der Waals surface area (Å²) in [5.41, 5.74) is 9.20. The Hall–Kier alpha value is -6.43. The van der Waals surface area contributed by atoms with Crippen LogP contribution in [0.4, 0.5) is 0 Å². The topological polar surface area (TPSA) is 51.8 Å². The van der Waals surface area contributed by atoms with E-state index in [0.29, 0.717) is 17.5 Å². The molecule has 4 nitrogen and oxygen atoms in total. The largest absolute Gasteiger partial charge is 0.454 e. The summed E-state index contributed by atoms with van der Waals surface area (Å²) in [7, 11) is 0. The van der Waals surface area contributed by atoms with Crippen LogP contribution in [0.15, 0.2) is 168 Å². The Morgan fingerprint density at radius 3 is 1.46 bits per heavy atom. The third-order valence-corrected chi connectivity index (χ3v) is 10.6. The van der Waals surface area contributed by atoms with Gasteiger partial charge in [-0.25, -0.2) is 15.0 Å². The Labute approximate surface area is 292 Å². The molecular formula is C45H27N3OS. The molecule has 234 valence electrons. The maximum atomic E-state index is 6.72. The van der Waals surface area contributed by atoms with Crippen LogP contribution in [0, 0.1) is 0 Å². The predicted molar refractivity (Wildman–Crippen MR) is 207 cm³/mol. The number of nitrogens with zero attached hydrogens (tertiary/aromatic N) is 3. The molecule has 0 bridgehead atoms. The highest BCUT2D eigenvalue weighted by atomic mass is 32.1. The first-order valence-electron chi connectivity index (χ1n) is 16.6. The molecule has 0 unspecified atom stereocenters. The fourth-order valence-corrected chi connectivity index (χ4v) is 8.04. The number of para-hydroxylation sites is 1. The lowest BCUT2D eigenvalue weighted by molar-refractivity contribution is 0.674. The van der Waals surface area contributed by atoms with Crippen molar-refractivity contribution in [3.05, 3.63) is 164 Å². The summed E-state index contributed by atoms with van der Waals surface area (Å²) < 4.78 is 9.20. The van der Waals surface area contributed by atoms with Gasteiger partial charge in [0.05, 0.1) is 4.70 Å². The summed E-state index contributed by atoms with van der Waals surface area (Å²) in [6.07, 6.45) is 0. The number of hydrogen-bond donors (Lipinski definition) is 0. The van der Waals surface area contributed by atoms with Gasteiger partial charge in [-0.2, -0.15) is 0 Å². The van der Waals surface area contributed by atoms with Crippen molar-refractivity contribution in [2.45, 2.75) is 0 Å². The number of hydrogen-bond acceptors (Lipinski definition) is 5. The number of thiophene rings is 1. The first-order chi connectivity index (χ1) is 24.8. The average Bonchev–Trinajstić information content (AvgIpc) is 3.78. The van der Waals surface area contributed by atoms with E-state index in [0.717, 1.165) is 60.9 Å². The van der Waals surface area contributed by atoms with E-state index in [1.165, 1.54) is 20.2 Å². The van der Waals surface area contributed by atoms with E-state index in [2.05, 4.69) is 103 Å². The van der Waals surface area contributed by atoms with E-state index < -0.39 is 0 Å². The zero-order valence-corrected chi connectivity index (χ0v) is 27.6. The van der Waals surface area contributed by atoms with E-state index in [-0.39, 0.29) is 0 Å². The quantitative estimate of drug-likeness (QED) is 0.185. The van der Waals surface area contributed by atoms with Gasteiger partial charge >= 0.3 is 0 Å². The van der Waals surface area contributed by atoms with Crippen molar-refractivity contribution in [3.8, 4) is 56.4 Å². The highest BCUT2D eigenvalue weighted by molar-refractivity contribution is 7.26. The van der Waals surface area contributed by atoms with E-state index in [4.69, 9.17) is 19.4 Å². The SMILES string of the molecule is c1ccc(-c2nc(-c3ccccc3)nc(-c3ccc(-c4ccc(-c5cccc6c5oc5c6ccc6c7ccccc7sc65)cc4)cc3)n2)cc1. The van der Waals surface area contributed by atoms with Crippen LogP contribution in [0.25, 0.3) is 98.5 Å². The Balaban J connectivity index is 0.992. The predicted octanol–water partition coefficient (Wildman–Crippen LogP) is 12.5. The molecule has 10 aromatic rings. The number of fused-ring (bicyclic) bond motifs is 7. The molecule has 0 fully saturated rings. The molecular weight excluding hydrogens is 631 g/mol. The molecule has 50 heavy (non-hydrogen) atoms. The summed E-state index contributed by atoms with van der Waals surface area (Å²) >= 11 is 1.80. The molecule has 0 atom stereocenters. The smallest absolute Gasteiger partial charge is 0.164 e. The van der Waals surface area contributed by atoms with Gasteiger partial charge in [0.2, 0.25) is 0 Å². The summed E-state index contributed by atoms with van der Waals surface area (Å²) in [5.74, 6) is 1.95. The Morgan fingerprint density at radius 2 is 0.820 bits per heavy atom. The normalized spacial score (nSPS) is 11.6. The molecule has 0 saturated carbocycles. The van der Waals surface area contributed by atoms with Crippen molar-refractivity contribution in [1.82, 2.24) is 15.0 Å². The maximum absolute atomic E-state index is 6.72. The van der Waals surface area contributed by atoms with Crippen molar-refractivity contribution >= 4 is 53.4 Å². The minimum atomic E-state index is 0.645. The number of rotatable bonds is 5. The lowest BCUT2D eigenvalue weighted by Crippen LogP contribution is -2.00. The molecule has 0 N–H and O–H groups in total. The molecule has 0 aliphatic rings. The summed E-state index contributed by atoms with van der Waals surface area (Å²) in [5, 5.41) is 4.82. The Morgan fingerprint density at radius 1 is 0.340 bits per heavy atom. The van der Waals surface area contributed by atoms with Crippen molar-refractivity contribution in [2.24, 2.45) is 0 Å². The van der Waals surface area contributed by atoms with Crippen LogP contribution in [0.5, 0.6) is 0 Å². The fourth-order valence-electron chi connectivity index (χ4n) is 6.86. The minimum absolute atomic E-state index is 0.645. The van der Waals surface area contributed by atoms with Gasteiger partial charge in [0.15, 0.2) is 23.1 Å². The number of aromatic nitrogens is 3. The van der Waals surface area contributed by atoms with Gasteiger partial charge in [-0.3, -0.25) is 0 Å². The fraction of sp³-hybridized carbons (Fsp3) is 0. The van der Waals surface area contributed by atoms with Crippen molar-refractivity contribution < 1.29 is 4.42 Å².